The van der Waals surface area contributed by atoms with Crippen LogP contribution >= 0.6 is 0 Å². The highest BCUT2D eigenvalue weighted by Gasteiger charge is 2.18. The van der Waals surface area contributed by atoms with E-state index in [9.17, 15) is 4.79 Å². The first-order valence-corrected chi connectivity index (χ1v) is 11.6. The number of carbonyl (C=O) groups is 1. The van der Waals surface area contributed by atoms with Crippen molar-refractivity contribution in [2.45, 2.75) is 39.8 Å². The van der Waals surface area contributed by atoms with Crippen LogP contribution < -0.4 is 14.8 Å². The van der Waals surface area contributed by atoms with Gasteiger partial charge in [0.2, 0.25) is 0 Å². The molecule has 1 unspecified atom stereocenters. The zero-order valence-electron chi connectivity index (χ0n) is 20.0. The van der Waals surface area contributed by atoms with Crippen molar-refractivity contribution >= 4 is 16.9 Å². The summed E-state index contributed by atoms with van der Waals surface area (Å²) < 4.78 is 13.8. The number of hydrogen-bond donors (Lipinski definition) is 1. The quantitative estimate of drug-likeness (QED) is 0.325. The predicted octanol–water partition coefficient (Wildman–Crippen LogP) is 5.38. The molecule has 0 aliphatic rings. The topological polar surface area (TPSA) is 65.4 Å². The average molecular weight is 458 g/mol. The molecule has 4 aromatic rings. The van der Waals surface area contributed by atoms with Crippen molar-refractivity contribution in [3.05, 3.63) is 89.7 Å². The maximum absolute atomic E-state index is 12.5. The second-order valence-corrected chi connectivity index (χ2v) is 8.47. The van der Waals surface area contributed by atoms with Crippen LogP contribution in [0.3, 0.4) is 0 Å². The van der Waals surface area contributed by atoms with Crippen LogP contribution in [0.2, 0.25) is 0 Å². The molecule has 176 valence electrons. The zero-order valence-corrected chi connectivity index (χ0v) is 20.0. The monoisotopic (exact) mass is 457 g/mol. The fourth-order valence-corrected chi connectivity index (χ4v) is 4.04. The third-order valence-corrected chi connectivity index (χ3v) is 5.68. The molecule has 4 rings (SSSR count). The van der Waals surface area contributed by atoms with Crippen molar-refractivity contribution in [1.29, 1.82) is 0 Å². The largest absolute Gasteiger partial charge is 0.493 e. The molecule has 0 bridgehead atoms. The van der Waals surface area contributed by atoms with Crippen LogP contribution in [0.1, 0.15) is 36.3 Å². The lowest BCUT2D eigenvalue weighted by molar-refractivity contribution is -0.123. The van der Waals surface area contributed by atoms with Crippen LogP contribution in [-0.4, -0.2) is 28.7 Å². The number of amides is 1. The Hall–Kier alpha value is -3.80. The Morgan fingerprint density at radius 3 is 2.56 bits per heavy atom. The first-order valence-electron chi connectivity index (χ1n) is 11.6. The van der Waals surface area contributed by atoms with Crippen LogP contribution in [-0.2, 0) is 11.3 Å². The van der Waals surface area contributed by atoms with Crippen LogP contribution in [0.5, 0.6) is 11.5 Å². The number of hydrogen-bond acceptors (Lipinski definition) is 4. The summed E-state index contributed by atoms with van der Waals surface area (Å²) in [5, 5.41) is 3.02. The molecular formula is C28H31N3O3. The fraction of sp³-hybridized carbons (Fsp3) is 0.286. The molecule has 6 nitrogen and oxygen atoms in total. The summed E-state index contributed by atoms with van der Waals surface area (Å²) in [4.78, 5) is 17.3. The lowest BCUT2D eigenvalue weighted by Gasteiger charge is -2.17. The summed E-state index contributed by atoms with van der Waals surface area (Å²) in [6, 6.07) is 23.3. The SMILES string of the molecule is Cc1ccc(OCCCn2c(C(C)NC(=O)COc3ccccc3)nc3ccccc32)c(C)c1. The van der Waals surface area contributed by atoms with E-state index in [1.807, 2.05) is 61.5 Å². The molecule has 0 spiro atoms. The van der Waals surface area contributed by atoms with E-state index in [1.54, 1.807) is 0 Å². The Morgan fingerprint density at radius 2 is 1.76 bits per heavy atom. The van der Waals surface area contributed by atoms with Gasteiger partial charge in [-0.2, -0.15) is 0 Å². The molecule has 0 aliphatic heterocycles. The lowest BCUT2D eigenvalue weighted by atomic mass is 10.1. The summed E-state index contributed by atoms with van der Waals surface area (Å²) in [6.45, 7) is 7.39. The van der Waals surface area contributed by atoms with E-state index >= 15 is 0 Å². The highest BCUT2D eigenvalue weighted by atomic mass is 16.5. The first-order chi connectivity index (χ1) is 16.5. The van der Waals surface area contributed by atoms with Gasteiger partial charge in [-0.05, 0) is 63.1 Å². The molecule has 0 aliphatic carbocycles. The minimum absolute atomic E-state index is 0.0433. The lowest BCUT2D eigenvalue weighted by Crippen LogP contribution is -2.32. The van der Waals surface area contributed by atoms with E-state index in [-0.39, 0.29) is 18.6 Å². The molecule has 1 N–H and O–H groups in total. The van der Waals surface area contributed by atoms with E-state index in [4.69, 9.17) is 14.5 Å². The van der Waals surface area contributed by atoms with Gasteiger partial charge in [-0.25, -0.2) is 4.98 Å². The zero-order chi connectivity index (χ0) is 23.9. The molecule has 0 radical (unpaired) electrons. The summed E-state index contributed by atoms with van der Waals surface area (Å²) >= 11 is 0. The summed E-state index contributed by atoms with van der Waals surface area (Å²) in [6.07, 6.45) is 0.818. The Kier molecular flexibility index (Phi) is 7.48. The number of nitrogens with zero attached hydrogens (tertiary/aromatic N) is 2. The normalized spacial score (nSPS) is 11.9. The second-order valence-electron chi connectivity index (χ2n) is 8.47. The summed E-state index contributed by atoms with van der Waals surface area (Å²) in [7, 11) is 0. The number of aromatic nitrogens is 2. The fourth-order valence-electron chi connectivity index (χ4n) is 4.04. The summed E-state index contributed by atoms with van der Waals surface area (Å²) in [5.74, 6) is 2.22. The molecule has 0 saturated heterocycles. The Bertz CT molecular complexity index is 1250. The Labute approximate surface area is 200 Å². The third kappa shape index (κ3) is 5.76. The van der Waals surface area contributed by atoms with Gasteiger partial charge >= 0.3 is 0 Å². The van der Waals surface area contributed by atoms with Crippen molar-refractivity contribution in [3.63, 3.8) is 0 Å². The molecule has 1 heterocycles. The van der Waals surface area contributed by atoms with Crippen LogP contribution in [0, 0.1) is 13.8 Å². The molecule has 0 saturated carbocycles. The van der Waals surface area contributed by atoms with E-state index in [0.29, 0.717) is 12.4 Å². The minimum atomic E-state index is -0.264. The molecule has 1 aromatic heterocycles. The van der Waals surface area contributed by atoms with E-state index in [1.165, 1.54) is 5.56 Å². The van der Waals surface area contributed by atoms with Gasteiger partial charge in [0.1, 0.15) is 17.3 Å². The number of para-hydroxylation sites is 3. The van der Waals surface area contributed by atoms with Crippen LogP contribution in [0.4, 0.5) is 0 Å². The standard InChI is InChI=1S/C28H31N3O3/c1-20-14-15-26(21(2)18-20)33-17-9-16-31-25-13-8-7-12-24(25)30-28(31)22(3)29-27(32)19-34-23-10-5-4-6-11-23/h4-8,10-15,18,22H,9,16-17,19H2,1-3H3,(H,29,32). The molecule has 3 aromatic carbocycles. The smallest absolute Gasteiger partial charge is 0.258 e. The van der Waals surface area contributed by atoms with Gasteiger partial charge in [-0.15, -0.1) is 0 Å². The number of aryl methyl sites for hydroxylation is 3. The number of nitrogens with one attached hydrogen (secondary N) is 1. The number of benzene rings is 3. The van der Waals surface area contributed by atoms with Crippen LogP contribution in [0.15, 0.2) is 72.8 Å². The molecule has 1 amide bonds. The Morgan fingerprint density at radius 1 is 1.00 bits per heavy atom. The minimum Gasteiger partial charge on any atom is -0.493 e. The van der Waals surface area contributed by atoms with Gasteiger partial charge in [-0.1, -0.05) is 48.0 Å². The highest BCUT2D eigenvalue weighted by Crippen LogP contribution is 2.22. The third-order valence-electron chi connectivity index (χ3n) is 5.68. The maximum Gasteiger partial charge on any atom is 0.258 e. The van der Waals surface area contributed by atoms with Crippen molar-refractivity contribution < 1.29 is 14.3 Å². The van der Waals surface area contributed by atoms with Crippen molar-refractivity contribution in [2.75, 3.05) is 13.2 Å². The summed E-state index contributed by atoms with van der Waals surface area (Å²) in [5.41, 5.74) is 4.33. The number of imidazole rings is 1. The predicted molar refractivity (Wildman–Crippen MR) is 134 cm³/mol. The molecule has 6 heteroatoms. The van der Waals surface area contributed by atoms with Gasteiger partial charge in [0, 0.05) is 6.54 Å². The molecule has 0 fully saturated rings. The van der Waals surface area contributed by atoms with Gasteiger partial charge in [0.05, 0.1) is 23.7 Å². The van der Waals surface area contributed by atoms with Gasteiger partial charge in [0.15, 0.2) is 6.61 Å². The van der Waals surface area contributed by atoms with Crippen molar-refractivity contribution in [3.8, 4) is 11.5 Å². The first kappa shape index (κ1) is 23.4. The van der Waals surface area contributed by atoms with Crippen molar-refractivity contribution in [1.82, 2.24) is 14.9 Å². The average Bonchev–Trinajstić information content (AvgIpc) is 3.21. The van der Waals surface area contributed by atoms with Crippen molar-refractivity contribution in [2.24, 2.45) is 0 Å². The highest BCUT2D eigenvalue weighted by molar-refractivity contribution is 5.79. The molecular weight excluding hydrogens is 426 g/mol. The molecule has 1 atom stereocenters. The van der Waals surface area contributed by atoms with E-state index in [0.717, 1.165) is 41.1 Å². The number of ether oxygens (including phenoxy) is 2. The van der Waals surface area contributed by atoms with Gasteiger partial charge in [-0.3, -0.25) is 4.79 Å². The van der Waals surface area contributed by atoms with Gasteiger partial charge < -0.3 is 19.4 Å². The van der Waals surface area contributed by atoms with E-state index < -0.39 is 0 Å². The number of fused-ring (bicyclic) bond motifs is 1. The number of rotatable bonds is 10. The van der Waals surface area contributed by atoms with Gasteiger partial charge in [0.25, 0.3) is 5.91 Å². The second kappa shape index (κ2) is 10.9. The Balaban J connectivity index is 1.40. The molecule has 34 heavy (non-hydrogen) atoms. The van der Waals surface area contributed by atoms with Crippen LogP contribution in [0.25, 0.3) is 11.0 Å². The number of carbonyl (C=O) groups excluding carboxylic acids is 1. The van der Waals surface area contributed by atoms with E-state index in [2.05, 4.69) is 41.9 Å². The maximum atomic E-state index is 12.5.